The first-order valence-corrected chi connectivity index (χ1v) is 8.98. The minimum absolute atomic E-state index is 0.199. The van der Waals surface area contributed by atoms with Gasteiger partial charge in [-0.15, -0.1) is 0 Å². The number of methoxy groups -OCH3 is 1. The van der Waals surface area contributed by atoms with E-state index in [1.165, 1.54) is 19.2 Å². The number of nitrogens with one attached hydrogen (secondary N) is 2. The van der Waals surface area contributed by atoms with Gasteiger partial charge in [-0.25, -0.2) is 4.98 Å². The zero-order valence-corrected chi connectivity index (χ0v) is 15.5. The maximum Gasteiger partial charge on any atom is 0.420 e. The summed E-state index contributed by atoms with van der Waals surface area (Å²) >= 11 is 0. The van der Waals surface area contributed by atoms with E-state index < -0.39 is 11.7 Å². The molecular formula is C19H23F3N4O. The van der Waals surface area contributed by atoms with Crippen molar-refractivity contribution in [3.8, 4) is 5.75 Å². The second-order valence-electron chi connectivity index (χ2n) is 6.77. The fourth-order valence-corrected chi connectivity index (χ4v) is 2.66. The van der Waals surface area contributed by atoms with Crippen LogP contribution in [0, 0.1) is 0 Å². The van der Waals surface area contributed by atoms with Crippen LogP contribution < -0.4 is 15.4 Å². The number of rotatable bonds is 7. The Kier molecular flexibility index (Phi) is 5.43. The summed E-state index contributed by atoms with van der Waals surface area (Å²) < 4.78 is 44.5. The molecule has 1 atom stereocenters. The van der Waals surface area contributed by atoms with Gasteiger partial charge in [0.2, 0.25) is 5.95 Å². The molecule has 1 aliphatic carbocycles. The molecule has 27 heavy (non-hydrogen) atoms. The fourth-order valence-electron chi connectivity index (χ4n) is 2.66. The van der Waals surface area contributed by atoms with Gasteiger partial charge >= 0.3 is 6.18 Å². The zero-order chi connectivity index (χ0) is 19.6. The SMILES string of the molecule is CC[C@@H](C)Nc1nc(Nc2ccc(OC)c(C(F)(F)F)c2)cc(C2CC2)n1. The van der Waals surface area contributed by atoms with Crippen molar-refractivity contribution in [2.24, 2.45) is 0 Å². The van der Waals surface area contributed by atoms with Gasteiger partial charge in [-0.3, -0.25) is 0 Å². The molecule has 0 spiro atoms. The van der Waals surface area contributed by atoms with E-state index in [0.717, 1.165) is 31.0 Å². The van der Waals surface area contributed by atoms with E-state index in [2.05, 4.69) is 27.5 Å². The Morgan fingerprint density at radius 3 is 2.56 bits per heavy atom. The molecule has 3 rings (SSSR count). The Morgan fingerprint density at radius 1 is 1.22 bits per heavy atom. The number of benzene rings is 1. The van der Waals surface area contributed by atoms with Crippen molar-refractivity contribution >= 4 is 17.5 Å². The predicted molar refractivity (Wildman–Crippen MR) is 98.7 cm³/mol. The first-order valence-electron chi connectivity index (χ1n) is 8.98. The minimum atomic E-state index is -4.50. The average Bonchev–Trinajstić information content (AvgIpc) is 3.45. The molecule has 0 radical (unpaired) electrons. The van der Waals surface area contributed by atoms with Crippen molar-refractivity contribution in [3.05, 3.63) is 35.5 Å². The molecule has 1 aromatic carbocycles. The highest BCUT2D eigenvalue weighted by molar-refractivity contribution is 5.61. The summed E-state index contributed by atoms with van der Waals surface area (Å²) in [5.74, 6) is 1.14. The lowest BCUT2D eigenvalue weighted by molar-refractivity contribution is -0.138. The molecule has 1 aromatic heterocycles. The highest BCUT2D eigenvalue weighted by Crippen LogP contribution is 2.41. The monoisotopic (exact) mass is 380 g/mol. The predicted octanol–water partition coefficient (Wildman–Crippen LogP) is 5.34. The molecule has 0 saturated heterocycles. The second-order valence-corrected chi connectivity index (χ2v) is 6.77. The van der Waals surface area contributed by atoms with E-state index in [9.17, 15) is 13.2 Å². The number of anilines is 3. The van der Waals surface area contributed by atoms with E-state index in [-0.39, 0.29) is 17.5 Å². The molecule has 2 aromatic rings. The first-order chi connectivity index (χ1) is 12.8. The van der Waals surface area contributed by atoms with Crippen LogP contribution in [0.2, 0.25) is 0 Å². The van der Waals surface area contributed by atoms with Gasteiger partial charge in [0.05, 0.1) is 18.4 Å². The van der Waals surface area contributed by atoms with Gasteiger partial charge in [-0.05, 0) is 44.4 Å². The van der Waals surface area contributed by atoms with E-state index >= 15 is 0 Å². The zero-order valence-electron chi connectivity index (χ0n) is 15.5. The molecule has 5 nitrogen and oxygen atoms in total. The Bertz CT molecular complexity index is 806. The van der Waals surface area contributed by atoms with Gasteiger partial charge < -0.3 is 15.4 Å². The quantitative estimate of drug-likeness (QED) is 0.679. The molecule has 0 bridgehead atoms. The number of nitrogens with zero attached hydrogens (tertiary/aromatic N) is 2. The summed E-state index contributed by atoms with van der Waals surface area (Å²) in [6.07, 6.45) is -1.45. The number of halogens is 3. The summed E-state index contributed by atoms with van der Waals surface area (Å²) in [4.78, 5) is 8.96. The summed E-state index contributed by atoms with van der Waals surface area (Å²) in [5.41, 5.74) is 0.366. The van der Waals surface area contributed by atoms with Crippen molar-refractivity contribution in [1.82, 2.24) is 9.97 Å². The van der Waals surface area contributed by atoms with Crippen LogP contribution >= 0.6 is 0 Å². The van der Waals surface area contributed by atoms with Crippen LogP contribution in [0.1, 0.15) is 50.3 Å². The summed E-state index contributed by atoms with van der Waals surface area (Å²) in [7, 11) is 1.22. The average molecular weight is 380 g/mol. The number of hydrogen-bond acceptors (Lipinski definition) is 5. The van der Waals surface area contributed by atoms with Crippen LogP contribution in [0.5, 0.6) is 5.75 Å². The molecule has 0 aliphatic heterocycles. The molecule has 1 saturated carbocycles. The van der Waals surface area contributed by atoms with E-state index in [4.69, 9.17) is 4.74 Å². The lowest BCUT2D eigenvalue weighted by Crippen LogP contribution is -2.16. The summed E-state index contributed by atoms with van der Waals surface area (Å²) in [5, 5.41) is 6.21. The topological polar surface area (TPSA) is 59.1 Å². The summed E-state index contributed by atoms with van der Waals surface area (Å²) in [6.45, 7) is 4.08. The van der Waals surface area contributed by atoms with Gasteiger partial charge in [-0.2, -0.15) is 18.2 Å². The van der Waals surface area contributed by atoms with Crippen molar-refractivity contribution in [1.29, 1.82) is 0 Å². The maximum absolute atomic E-state index is 13.2. The molecule has 1 heterocycles. The smallest absolute Gasteiger partial charge is 0.420 e. The van der Waals surface area contributed by atoms with Gasteiger partial charge in [0.15, 0.2) is 0 Å². The van der Waals surface area contributed by atoms with Gasteiger partial charge in [0.1, 0.15) is 11.6 Å². The molecular weight excluding hydrogens is 357 g/mol. The number of aromatic nitrogens is 2. The molecule has 8 heteroatoms. The Hall–Kier alpha value is -2.51. The third-order valence-electron chi connectivity index (χ3n) is 4.51. The molecule has 146 valence electrons. The fraction of sp³-hybridized carbons (Fsp3) is 0.474. The van der Waals surface area contributed by atoms with Crippen LogP contribution in [-0.4, -0.2) is 23.1 Å². The molecule has 2 N–H and O–H groups in total. The Morgan fingerprint density at radius 2 is 1.96 bits per heavy atom. The highest BCUT2D eigenvalue weighted by atomic mass is 19.4. The Balaban J connectivity index is 1.90. The van der Waals surface area contributed by atoms with Gasteiger partial charge in [-0.1, -0.05) is 6.92 Å². The normalized spacial score (nSPS) is 15.3. The third kappa shape index (κ3) is 4.81. The van der Waals surface area contributed by atoms with Gasteiger partial charge in [0.25, 0.3) is 0 Å². The third-order valence-corrected chi connectivity index (χ3v) is 4.51. The van der Waals surface area contributed by atoms with Crippen LogP contribution in [0.25, 0.3) is 0 Å². The summed E-state index contributed by atoms with van der Waals surface area (Å²) in [6, 6.07) is 5.86. The van der Waals surface area contributed by atoms with Gasteiger partial charge in [0, 0.05) is 23.7 Å². The lowest BCUT2D eigenvalue weighted by Gasteiger charge is -2.16. The highest BCUT2D eigenvalue weighted by Gasteiger charge is 2.34. The number of ether oxygens (including phenoxy) is 1. The van der Waals surface area contributed by atoms with E-state index in [1.807, 2.05) is 6.92 Å². The van der Waals surface area contributed by atoms with E-state index in [1.54, 1.807) is 6.07 Å². The molecule has 0 amide bonds. The molecule has 1 aliphatic rings. The largest absolute Gasteiger partial charge is 0.496 e. The lowest BCUT2D eigenvalue weighted by atomic mass is 10.1. The van der Waals surface area contributed by atoms with Crippen LogP contribution in [0.4, 0.5) is 30.6 Å². The minimum Gasteiger partial charge on any atom is -0.496 e. The van der Waals surface area contributed by atoms with Crippen LogP contribution in [0.3, 0.4) is 0 Å². The maximum atomic E-state index is 13.2. The van der Waals surface area contributed by atoms with E-state index in [0.29, 0.717) is 17.7 Å². The Labute approximate surface area is 156 Å². The van der Waals surface area contributed by atoms with Crippen molar-refractivity contribution < 1.29 is 17.9 Å². The number of alkyl halides is 3. The first kappa shape index (κ1) is 19.3. The van der Waals surface area contributed by atoms with Crippen molar-refractivity contribution in [2.45, 2.75) is 51.2 Å². The molecule has 0 unspecified atom stereocenters. The second kappa shape index (κ2) is 7.62. The standard InChI is InChI=1S/C19H23F3N4O/c1-4-11(2)23-18-25-15(12-5-6-12)10-17(26-18)24-13-7-8-16(27-3)14(9-13)19(20,21)22/h7-12H,4-6H2,1-3H3,(H2,23,24,25,26)/t11-/m1/s1. The van der Waals surface area contributed by atoms with Crippen LogP contribution in [0.15, 0.2) is 24.3 Å². The molecule has 1 fully saturated rings. The van der Waals surface area contributed by atoms with Crippen molar-refractivity contribution in [2.75, 3.05) is 17.7 Å². The van der Waals surface area contributed by atoms with Crippen LogP contribution in [-0.2, 0) is 6.18 Å². The van der Waals surface area contributed by atoms with Crippen molar-refractivity contribution in [3.63, 3.8) is 0 Å². The number of hydrogen-bond donors (Lipinski definition) is 2.